The van der Waals surface area contributed by atoms with Crippen molar-refractivity contribution < 1.29 is 17.9 Å². The number of rotatable bonds is 4. The van der Waals surface area contributed by atoms with Gasteiger partial charge in [0.15, 0.2) is 0 Å². The Bertz CT molecular complexity index is 766. The van der Waals surface area contributed by atoms with Gasteiger partial charge < -0.3 is 9.64 Å². The van der Waals surface area contributed by atoms with Crippen LogP contribution in [0.15, 0.2) is 18.2 Å². The summed E-state index contributed by atoms with van der Waals surface area (Å²) in [6.45, 7) is 2.91. The first-order valence-corrected chi connectivity index (χ1v) is 11.0. The molecule has 0 aromatic heterocycles. The summed E-state index contributed by atoms with van der Waals surface area (Å²) in [5.74, 6) is -0.407. The normalized spacial score (nSPS) is 22.4. The van der Waals surface area contributed by atoms with E-state index in [-0.39, 0.29) is 24.1 Å². The lowest BCUT2D eigenvalue weighted by Gasteiger charge is -2.35. The van der Waals surface area contributed by atoms with Crippen molar-refractivity contribution >= 4 is 39.1 Å². The molecular formula is C17H22Cl2N2O4S. The fourth-order valence-electron chi connectivity index (χ4n) is 3.37. The molecular weight excluding hydrogens is 399 g/mol. The molecule has 0 radical (unpaired) electrons. The number of benzene rings is 1. The number of piperidine rings is 1. The molecule has 144 valence electrons. The van der Waals surface area contributed by atoms with Crippen molar-refractivity contribution in [1.82, 2.24) is 9.21 Å². The fraction of sp³-hybridized carbons (Fsp3) is 0.588. The lowest BCUT2D eigenvalue weighted by Crippen LogP contribution is -2.49. The van der Waals surface area contributed by atoms with Crippen LogP contribution in [0.25, 0.3) is 0 Å². The third kappa shape index (κ3) is 4.70. The minimum Gasteiger partial charge on any atom is -0.378 e. The molecule has 2 fully saturated rings. The average molecular weight is 421 g/mol. The Labute approximate surface area is 164 Å². The minimum atomic E-state index is -3.53. The summed E-state index contributed by atoms with van der Waals surface area (Å²) in [6, 6.07) is 4.82. The van der Waals surface area contributed by atoms with Crippen molar-refractivity contribution in [3.8, 4) is 0 Å². The number of hydrogen-bond acceptors (Lipinski definition) is 4. The van der Waals surface area contributed by atoms with Crippen molar-refractivity contribution in [2.75, 3.05) is 39.4 Å². The zero-order chi connectivity index (χ0) is 18.7. The highest BCUT2D eigenvalue weighted by Gasteiger charge is 2.34. The molecule has 3 rings (SSSR count). The Morgan fingerprint density at radius 3 is 2.58 bits per heavy atom. The molecule has 0 aliphatic carbocycles. The molecule has 0 spiro atoms. The van der Waals surface area contributed by atoms with Gasteiger partial charge in [-0.05, 0) is 30.5 Å². The predicted octanol–water partition coefficient (Wildman–Crippen LogP) is 2.39. The molecule has 2 aliphatic heterocycles. The van der Waals surface area contributed by atoms with E-state index in [4.69, 9.17) is 27.9 Å². The van der Waals surface area contributed by atoms with Crippen LogP contribution in [-0.2, 0) is 25.3 Å². The molecule has 2 aliphatic rings. The number of ether oxygens (including phenoxy) is 1. The van der Waals surface area contributed by atoms with Crippen LogP contribution in [0.4, 0.5) is 0 Å². The molecule has 1 aromatic rings. The van der Waals surface area contributed by atoms with Crippen molar-refractivity contribution in [1.29, 1.82) is 0 Å². The van der Waals surface area contributed by atoms with Crippen LogP contribution in [-0.4, -0.2) is 62.9 Å². The fourth-order valence-corrected chi connectivity index (χ4v) is 5.29. The van der Waals surface area contributed by atoms with Gasteiger partial charge in [-0.25, -0.2) is 12.7 Å². The predicted molar refractivity (Wildman–Crippen MR) is 101 cm³/mol. The molecule has 6 nitrogen and oxygen atoms in total. The maximum absolute atomic E-state index is 12.8. The maximum atomic E-state index is 12.8. The molecule has 1 amide bonds. The van der Waals surface area contributed by atoms with Gasteiger partial charge in [-0.1, -0.05) is 29.3 Å². The van der Waals surface area contributed by atoms with Gasteiger partial charge in [-0.3, -0.25) is 4.79 Å². The molecule has 1 atom stereocenters. The minimum absolute atomic E-state index is 0.0303. The van der Waals surface area contributed by atoms with Gasteiger partial charge in [0, 0.05) is 26.2 Å². The lowest BCUT2D eigenvalue weighted by atomic mass is 9.98. The number of carbonyl (C=O) groups is 1. The van der Waals surface area contributed by atoms with Crippen molar-refractivity contribution in [3.63, 3.8) is 0 Å². The summed E-state index contributed by atoms with van der Waals surface area (Å²) in [5.41, 5.74) is 0.584. The number of halogens is 2. The van der Waals surface area contributed by atoms with E-state index in [0.29, 0.717) is 54.9 Å². The number of hydrogen-bond donors (Lipinski definition) is 0. The van der Waals surface area contributed by atoms with Gasteiger partial charge in [-0.2, -0.15) is 0 Å². The molecule has 0 bridgehead atoms. The summed E-state index contributed by atoms with van der Waals surface area (Å²) in [5, 5.41) is 0.723. The Balaban J connectivity index is 1.67. The van der Waals surface area contributed by atoms with E-state index in [1.54, 1.807) is 23.1 Å². The van der Waals surface area contributed by atoms with Gasteiger partial charge in [0.1, 0.15) is 0 Å². The van der Waals surface area contributed by atoms with E-state index < -0.39 is 10.0 Å². The summed E-state index contributed by atoms with van der Waals surface area (Å²) in [4.78, 5) is 14.5. The van der Waals surface area contributed by atoms with E-state index in [2.05, 4.69) is 0 Å². The Morgan fingerprint density at radius 2 is 1.88 bits per heavy atom. The maximum Gasteiger partial charge on any atom is 0.227 e. The first-order chi connectivity index (χ1) is 12.4. The van der Waals surface area contributed by atoms with Crippen LogP contribution < -0.4 is 0 Å². The Morgan fingerprint density at radius 1 is 1.15 bits per heavy atom. The van der Waals surface area contributed by atoms with Crippen LogP contribution in [0, 0.1) is 5.92 Å². The van der Waals surface area contributed by atoms with Crippen molar-refractivity contribution in [2.45, 2.75) is 18.6 Å². The van der Waals surface area contributed by atoms with Crippen LogP contribution in [0.3, 0.4) is 0 Å². The zero-order valence-electron chi connectivity index (χ0n) is 14.4. The SMILES string of the molecule is O=C([C@H]1CCCN(S(=O)(=O)Cc2ccc(Cl)c(Cl)c2)C1)N1CCOCC1. The number of carbonyl (C=O) groups excluding carboxylic acids is 1. The number of nitrogens with zero attached hydrogens (tertiary/aromatic N) is 2. The summed E-state index contributed by atoms with van der Waals surface area (Å²) in [7, 11) is -3.53. The van der Waals surface area contributed by atoms with Crippen LogP contribution in [0.5, 0.6) is 0 Å². The van der Waals surface area contributed by atoms with Gasteiger partial charge in [0.25, 0.3) is 0 Å². The molecule has 9 heteroatoms. The zero-order valence-corrected chi connectivity index (χ0v) is 16.7. The largest absolute Gasteiger partial charge is 0.378 e. The van der Waals surface area contributed by atoms with Gasteiger partial charge in [0.2, 0.25) is 15.9 Å². The third-order valence-corrected chi connectivity index (χ3v) is 7.34. The van der Waals surface area contributed by atoms with Gasteiger partial charge >= 0.3 is 0 Å². The highest BCUT2D eigenvalue weighted by atomic mass is 35.5. The summed E-state index contributed by atoms with van der Waals surface area (Å²) < 4.78 is 32.3. The summed E-state index contributed by atoms with van der Waals surface area (Å²) >= 11 is 11.9. The molecule has 2 heterocycles. The molecule has 1 aromatic carbocycles. The Kier molecular flexibility index (Phi) is 6.45. The monoisotopic (exact) mass is 420 g/mol. The van der Waals surface area contributed by atoms with Crippen molar-refractivity contribution in [3.05, 3.63) is 33.8 Å². The second-order valence-corrected chi connectivity index (χ2v) is 9.42. The van der Waals surface area contributed by atoms with E-state index in [1.807, 2.05) is 0 Å². The molecule has 26 heavy (non-hydrogen) atoms. The standard InChI is InChI=1S/C17H22Cl2N2O4S/c18-15-4-3-13(10-16(15)19)12-26(23,24)21-5-1-2-14(11-21)17(22)20-6-8-25-9-7-20/h3-4,10,14H,1-2,5-9,11-12H2/t14-/m0/s1. The van der Waals surface area contributed by atoms with Crippen LogP contribution in [0.2, 0.25) is 10.0 Å². The second kappa shape index (κ2) is 8.44. The molecule has 0 unspecified atom stereocenters. The highest BCUT2D eigenvalue weighted by Crippen LogP contribution is 2.26. The number of morpholine rings is 1. The second-order valence-electron chi connectivity index (χ2n) is 6.64. The molecule has 2 saturated heterocycles. The molecule has 0 N–H and O–H groups in total. The third-order valence-electron chi connectivity index (χ3n) is 4.78. The van der Waals surface area contributed by atoms with Crippen LogP contribution in [0.1, 0.15) is 18.4 Å². The van der Waals surface area contributed by atoms with E-state index >= 15 is 0 Å². The van der Waals surface area contributed by atoms with Gasteiger partial charge in [-0.15, -0.1) is 0 Å². The number of amides is 1. The lowest BCUT2D eigenvalue weighted by molar-refractivity contribution is -0.140. The average Bonchev–Trinajstić information content (AvgIpc) is 2.65. The smallest absolute Gasteiger partial charge is 0.227 e. The van der Waals surface area contributed by atoms with Crippen LogP contribution >= 0.6 is 23.2 Å². The topological polar surface area (TPSA) is 66.9 Å². The first-order valence-electron chi connectivity index (χ1n) is 8.65. The quantitative estimate of drug-likeness (QED) is 0.749. The van der Waals surface area contributed by atoms with E-state index in [1.165, 1.54) is 4.31 Å². The molecule has 0 saturated carbocycles. The van der Waals surface area contributed by atoms with E-state index in [0.717, 1.165) is 6.42 Å². The first kappa shape index (κ1) is 19.9. The van der Waals surface area contributed by atoms with E-state index in [9.17, 15) is 13.2 Å². The summed E-state index contributed by atoms with van der Waals surface area (Å²) in [6.07, 6.45) is 1.40. The Hall–Kier alpha value is -0.860. The van der Waals surface area contributed by atoms with Crippen molar-refractivity contribution in [2.24, 2.45) is 5.92 Å². The van der Waals surface area contributed by atoms with Gasteiger partial charge in [0.05, 0.1) is 34.9 Å². The number of sulfonamides is 1. The highest BCUT2D eigenvalue weighted by molar-refractivity contribution is 7.88.